The first kappa shape index (κ1) is 15.2. The first-order valence-corrected chi connectivity index (χ1v) is 6.31. The fourth-order valence-electron chi connectivity index (χ4n) is 1.72. The molecular formula is C15H12N2O5. The highest BCUT2D eigenvalue weighted by Crippen LogP contribution is 2.14. The van der Waals surface area contributed by atoms with Gasteiger partial charge in [0.25, 0.3) is 5.69 Å². The Morgan fingerprint density at radius 2 is 1.77 bits per heavy atom. The molecule has 0 aliphatic carbocycles. The summed E-state index contributed by atoms with van der Waals surface area (Å²) in [5.41, 5.74) is 1.55. The average molecular weight is 300 g/mol. The van der Waals surface area contributed by atoms with E-state index in [4.69, 9.17) is 4.74 Å². The van der Waals surface area contributed by atoms with E-state index in [-0.39, 0.29) is 17.9 Å². The molecule has 7 nitrogen and oxygen atoms in total. The smallest absolute Gasteiger partial charge is 0.338 e. The molecule has 1 N–H and O–H groups in total. The number of anilines is 1. The Hall–Kier alpha value is -3.22. The topological polar surface area (TPSA) is 98.5 Å². The van der Waals surface area contributed by atoms with Gasteiger partial charge in [-0.25, -0.2) is 4.79 Å². The van der Waals surface area contributed by atoms with Crippen LogP contribution >= 0.6 is 0 Å². The fraction of sp³-hybridized carbons (Fsp3) is 0.0667. The molecule has 0 aliphatic heterocycles. The molecule has 0 spiro atoms. The first-order chi connectivity index (χ1) is 10.6. The van der Waals surface area contributed by atoms with Gasteiger partial charge in [-0.05, 0) is 29.8 Å². The second kappa shape index (κ2) is 6.98. The second-order valence-electron chi connectivity index (χ2n) is 4.34. The van der Waals surface area contributed by atoms with Crippen molar-refractivity contribution in [1.29, 1.82) is 0 Å². The Morgan fingerprint density at radius 1 is 1.14 bits per heavy atom. The number of ether oxygens (including phenoxy) is 1. The van der Waals surface area contributed by atoms with Gasteiger partial charge in [0, 0.05) is 17.8 Å². The van der Waals surface area contributed by atoms with Crippen molar-refractivity contribution in [3.8, 4) is 0 Å². The molecule has 0 atom stereocenters. The molecule has 0 saturated heterocycles. The van der Waals surface area contributed by atoms with Crippen molar-refractivity contribution >= 4 is 23.8 Å². The van der Waals surface area contributed by atoms with Crippen LogP contribution in [0.25, 0.3) is 0 Å². The first-order valence-electron chi connectivity index (χ1n) is 6.31. The largest absolute Gasteiger partial charge is 0.457 e. The lowest BCUT2D eigenvalue weighted by Crippen LogP contribution is -2.05. The van der Waals surface area contributed by atoms with Gasteiger partial charge >= 0.3 is 5.97 Å². The molecule has 0 fully saturated rings. The number of carbonyl (C=O) groups excluding carboxylic acids is 2. The van der Waals surface area contributed by atoms with Crippen LogP contribution < -0.4 is 5.32 Å². The van der Waals surface area contributed by atoms with Crippen molar-refractivity contribution < 1.29 is 19.2 Å². The number of carbonyl (C=O) groups is 2. The van der Waals surface area contributed by atoms with Gasteiger partial charge in [-0.3, -0.25) is 14.9 Å². The van der Waals surface area contributed by atoms with Gasteiger partial charge in [0.2, 0.25) is 6.41 Å². The standard InChI is InChI=1S/C15H12N2O5/c18-10-16-13-5-1-11(2-6-13)9-22-15(19)12-3-7-14(8-4-12)17(20)21/h1-8,10H,9H2,(H,16,18). The molecule has 22 heavy (non-hydrogen) atoms. The van der Waals surface area contributed by atoms with Gasteiger partial charge in [0.1, 0.15) is 6.61 Å². The Bertz CT molecular complexity index is 680. The zero-order valence-corrected chi connectivity index (χ0v) is 11.4. The minimum atomic E-state index is -0.565. The fourth-order valence-corrected chi connectivity index (χ4v) is 1.72. The maximum atomic E-state index is 11.8. The monoisotopic (exact) mass is 300 g/mol. The third-order valence-electron chi connectivity index (χ3n) is 2.86. The van der Waals surface area contributed by atoms with Gasteiger partial charge < -0.3 is 10.1 Å². The number of nitrogens with zero attached hydrogens (tertiary/aromatic N) is 1. The SMILES string of the molecule is O=CNc1ccc(COC(=O)c2ccc([N+](=O)[O-])cc2)cc1. The molecule has 0 aliphatic rings. The summed E-state index contributed by atoms with van der Waals surface area (Å²) in [6.45, 7) is 0.0667. The summed E-state index contributed by atoms with van der Waals surface area (Å²) < 4.78 is 5.12. The minimum Gasteiger partial charge on any atom is -0.457 e. The van der Waals surface area contributed by atoms with E-state index in [1.54, 1.807) is 24.3 Å². The third kappa shape index (κ3) is 3.89. The summed E-state index contributed by atoms with van der Waals surface area (Å²) in [5.74, 6) is -0.565. The van der Waals surface area contributed by atoms with E-state index in [2.05, 4.69) is 5.32 Å². The molecule has 2 aromatic carbocycles. The quantitative estimate of drug-likeness (QED) is 0.382. The number of amides is 1. The predicted octanol–water partition coefficient (Wildman–Crippen LogP) is 2.52. The lowest BCUT2D eigenvalue weighted by molar-refractivity contribution is -0.384. The van der Waals surface area contributed by atoms with Crippen molar-refractivity contribution in [3.63, 3.8) is 0 Å². The van der Waals surface area contributed by atoms with Gasteiger partial charge in [-0.15, -0.1) is 0 Å². The van der Waals surface area contributed by atoms with Gasteiger partial charge in [0.15, 0.2) is 0 Å². The molecule has 112 valence electrons. The summed E-state index contributed by atoms with van der Waals surface area (Å²) in [6.07, 6.45) is 0.573. The maximum Gasteiger partial charge on any atom is 0.338 e. The number of esters is 1. The lowest BCUT2D eigenvalue weighted by Gasteiger charge is -2.06. The summed E-state index contributed by atoms with van der Waals surface area (Å²) in [4.78, 5) is 32.1. The van der Waals surface area contributed by atoms with E-state index in [0.29, 0.717) is 12.1 Å². The Morgan fingerprint density at radius 3 is 2.32 bits per heavy atom. The number of nitro groups is 1. The van der Waals surface area contributed by atoms with Crippen LogP contribution in [-0.2, 0) is 16.1 Å². The molecule has 2 rings (SSSR count). The van der Waals surface area contributed by atoms with Gasteiger partial charge in [0.05, 0.1) is 10.5 Å². The van der Waals surface area contributed by atoms with Crippen molar-refractivity contribution in [2.24, 2.45) is 0 Å². The molecule has 1 amide bonds. The van der Waals surface area contributed by atoms with Crippen LogP contribution in [0, 0.1) is 10.1 Å². The molecule has 0 heterocycles. The third-order valence-corrected chi connectivity index (χ3v) is 2.86. The Labute approximate surface area is 125 Å². The number of rotatable bonds is 6. The Balaban J connectivity index is 1.94. The number of benzene rings is 2. The molecule has 0 saturated carbocycles. The number of hydrogen-bond acceptors (Lipinski definition) is 5. The molecule has 7 heteroatoms. The number of nitro benzene ring substituents is 1. The lowest BCUT2D eigenvalue weighted by atomic mass is 10.2. The molecule has 0 unspecified atom stereocenters. The minimum absolute atomic E-state index is 0.0667. The van der Waals surface area contributed by atoms with E-state index in [1.807, 2.05) is 0 Å². The predicted molar refractivity (Wildman–Crippen MR) is 78.3 cm³/mol. The van der Waals surface area contributed by atoms with Crippen LogP contribution in [-0.4, -0.2) is 17.3 Å². The van der Waals surface area contributed by atoms with Crippen molar-refractivity contribution in [2.45, 2.75) is 6.61 Å². The average Bonchev–Trinajstić information content (AvgIpc) is 2.54. The van der Waals surface area contributed by atoms with Gasteiger partial charge in [-0.1, -0.05) is 12.1 Å². The van der Waals surface area contributed by atoms with Crippen LogP contribution in [0.15, 0.2) is 48.5 Å². The van der Waals surface area contributed by atoms with E-state index >= 15 is 0 Å². The normalized spacial score (nSPS) is 9.82. The van der Waals surface area contributed by atoms with Crippen LogP contribution in [0.2, 0.25) is 0 Å². The number of non-ortho nitro benzene ring substituents is 1. The van der Waals surface area contributed by atoms with E-state index in [9.17, 15) is 19.7 Å². The number of hydrogen-bond donors (Lipinski definition) is 1. The van der Waals surface area contributed by atoms with E-state index in [0.717, 1.165) is 5.56 Å². The molecular weight excluding hydrogens is 288 g/mol. The summed E-state index contributed by atoms with van der Waals surface area (Å²) >= 11 is 0. The highest BCUT2D eigenvalue weighted by atomic mass is 16.6. The van der Waals surface area contributed by atoms with Crippen LogP contribution in [0.5, 0.6) is 0 Å². The van der Waals surface area contributed by atoms with Crippen LogP contribution in [0.4, 0.5) is 11.4 Å². The highest BCUT2D eigenvalue weighted by Gasteiger charge is 2.10. The van der Waals surface area contributed by atoms with Crippen molar-refractivity contribution in [1.82, 2.24) is 0 Å². The van der Waals surface area contributed by atoms with Crippen LogP contribution in [0.3, 0.4) is 0 Å². The molecule has 2 aromatic rings. The summed E-state index contributed by atoms with van der Waals surface area (Å²) in [5, 5.41) is 13.0. The zero-order valence-electron chi connectivity index (χ0n) is 11.4. The maximum absolute atomic E-state index is 11.8. The second-order valence-corrected chi connectivity index (χ2v) is 4.34. The van der Waals surface area contributed by atoms with Gasteiger partial charge in [-0.2, -0.15) is 0 Å². The van der Waals surface area contributed by atoms with Crippen molar-refractivity contribution in [2.75, 3.05) is 5.32 Å². The Kier molecular flexibility index (Phi) is 4.81. The van der Waals surface area contributed by atoms with Crippen molar-refractivity contribution in [3.05, 3.63) is 69.8 Å². The van der Waals surface area contributed by atoms with E-state index in [1.165, 1.54) is 24.3 Å². The highest BCUT2D eigenvalue weighted by molar-refractivity contribution is 5.89. The summed E-state index contributed by atoms with van der Waals surface area (Å²) in [6, 6.07) is 12.0. The summed E-state index contributed by atoms with van der Waals surface area (Å²) in [7, 11) is 0. The molecule has 0 aromatic heterocycles. The van der Waals surface area contributed by atoms with E-state index < -0.39 is 10.9 Å². The molecule has 0 radical (unpaired) electrons. The number of nitrogens with one attached hydrogen (secondary N) is 1. The molecule has 0 bridgehead atoms. The van der Waals surface area contributed by atoms with Crippen LogP contribution in [0.1, 0.15) is 15.9 Å². The zero-order chi connectivity index (χ0) is 15.9.